The van der Waals surface area contributed by atoms with Gasteiger partial charge < -0.3 is 15.4 Å². The molecule has 1 aromatic rings. The van der Waals surface area contributed by atoms with Crippen LogP contribution in [0.3, 0.4) is 0 Å². The van der Waals surface area contributed by atoms with Gasteiger partial charge in [-0.15, -0.1) is 0 Å². The Morgan fingerprint density at radius 2 is 2.50 bits per heavy atom. The van der Waals surface area contributed by atoms with Gasteiger partial charge in [-0.05, 0) is 12.3 Å². The van der Waals surface area contributed by atoms with Gasteiger partial charge in [0.25, 0.3) is 0 Å². The summed E-state index contributed by atoms with van der Waals surface area (Å²) in [7, 11) is 0. The van der Waals surface area contributed by atoms with Crippen LogP contribution in [0.15, 0.2) is 6.20 Å². The standard InChI is InChI=1S/C9H13N3O2/c1-5-2-6(10)8-11-7(9(13)14)4-12(8)3-5/h4-6H,2-3,10H2,1H3,(H,13,14). The van der Waals surface area contributed by atoms with Crippen molar-refractivity contribution >= 4 is 5.97 Å². The van der Waals surface area contributed by atoms with E-state index in [9.17, 15) is 4.79 Å². The van der Waals surface area contributed by atoms with Gasteiger partial charge in [-0.2, -0.15) is 0 Å². The molecule has 0 amide bonds. The molecule has 1 aliphatic rings. The van der Waals surface area contributed by atoms with E-state index in [2.05, 4.69) is 11.9 Å². The van der Waals surface area contributed by atoms with Crippen LogP contribution in [-0.4, -0.2) is 20.6 Å². The molecule has 0 spiro atoms. The van der Waals surface area contributed by atoms with Crippen molar-refractivity contribution in [3.8, 4) is 0 Å². The second-order valence-corrected chi connectivity index (χ2v) is 3.89. The second kappa shape index (κ2) is 3.09. The van der Waals surface area contributed by atoms with Crippen LogP contribution in [0.2, 0.25) is 0 Å². The van der Waals surface area contributed by atoms with Crippen LogP contribution in [0.5, 0.6) is 0 Å². The van der Waals surface area contributed by atoms with Crippen LogP contribution in [-0.2, 0) is 6.54 Å². The van der Waals surface area contributed by atoms with Crippen molar-refractivity contribution in [2.24, 2.45) is 11.7 Å². The summed E-state index contributed by atoms with van der Waals surface area (Å²) < 4.78 is 1.85. The Balaban J connectivity index is 2.40. The van der Waals surface area contributed by atoms with E-state index >= 15 is 0 Å². The van der Waals surface area contributed by atoms with Gasteiger partial charge in [0, 0.05) is 12.7 Å². The number of aromatic carboxylic acids is 1. The van der Waals surface area contributed by atoms with Crippen LogP contribution in [0.25, 0.3) is 0 Å². The number of carboxylic acid groups (broad SMARTS) is 1. The summed E-state index contributed by atoms with van der Waals surface area (Å²) >= 11 is 0. The van der Waals surface area contributed by atoms with Crippen molar-refractivity contribution in [3.05, 3.63) is 17.7 Å². The molecule has 5 nitrogen and oxygen atoms in total. The summed E-state index contributed by atoms with van der Waals surface area (Å²) in [4.78, 5) is 14.7. The van der Waals surface area contributed by atoms with Gasteiger partial charge in [0.15, 0.2) is 5.69 Å². The number of carbonyl (C=O) groups is 1. The summed E-state index contributed by atoms with van der Waals surface area (Å²) in [6.45, 7) is 2.91. The Labute approximate surface area is 81.5 Å². The minimum atomic E-state index is -0.994. The van der Waals surface area contributed by atoms with Gasteiger partial charge in [0.1, 0.15) is 5.82 Å². The Morgan fingerprint density at radius 1 is 1.79 bits per heavy atom. The van der Waals surface area contributed by atoms with E-state index in [1.165, 1.54) is 0 Å². The number of aromatic nitrogens is 2. The van der Waals surface area contributed by atoms with E-state index in [0.717, 1.165) is 13.0 Å². The Morgan fingerprint density at radius 3 is 3.14 bits per heavy atom. The van der Waals surface area contributed by atoms with E-state index < -0.39 is 5.97 Å². The van der Waals surface area contributed by atoms with Crippen molar-refractivity contribution in [3.63, 3.8) is 0 Å². The van der Waals surface area contributed by atoms with Crippen LogP contribution < -0.4 is 5.73 Å². The minimum Gasteiger partial charge on any atom is -0.476 e. The van der Waals surface area contributed by atoms with E-state index in [1.54, 1.807) is 6.20 Å². The molecule has 76 valence electrons. The summed E-state index contributed by atoms with van der Waals surface area (Å²) in [6, 6.07) is -0.133. The zero-order valence-corrected chi connectivity index (χ0v) is 7.97. The van der Waals surface area contributed by atoms with Gasteiger partial charge >= 0.3 is 5.97 Å². The molecule has 0 aromatic carbocycles. The number of nitrogens with zero attached hydrogens (tertiary/aromatic N) is 2. The Hall–Kier alpha value is -1.36. The summed E-state index contributed by atoms with van der Waals surface area (Å²) in [5.74, 6) is 0.181. The first-order chi connectivity index (χ1) is 6.58. The first-order valence-corrected chi connectivity index (χ1v) is 4.64. The maximum atomic E-state index is 10.7. The average Bonchev–Trinajstić information content (AvgIpc) is 2.47. The molecule has 0 saturated heterocycles. The SMILES string of the molecule is CC1CC(N)c2nc(C(=O)O)cn2C1. The fourth-order valence-electron chi connectivity index (χ4n) is 1.92. The number of carboxylic acids is 1. The van der Waals surface area contributed by atoms with Gasteiger partial charge in [-0.3, -0.25) is 0 Å². The van der Waals surface area contributed by atoms with Gasteiger partial charge in [0.2, 0.25) is 0 Å². The predicted molar refractivity (Wildman–Crippen MR) is 49.9 cm³/mol. The Bertz CT molecular complexity index is 372. The highest BCUT2D eigenvalue weighted by atomic mass is 16.4. The number of rotatable bonds is 1. The smallest absolute Gasteiger partial charge is 0.356 e. The zero-order valence-electron chi connectivity index (χ0n) is 7.97. The molecule has 0 bridgehead atoms. The average molecular weight is 195 g/mol. The highest BCUT2D eigenvalue weighted by Gasteiger charge is 2.25. The van der Waals surface area contributed by atoms with Gasteiger partial charge in [0.05, 0.1) is 6.04 Å². The lowest BCUT2D eigenvalue weighted by atomic mass is 9.98. The van der Waals surface area contributed by atoms with Crippen molar-refractivity contribution in [2.45, 2.75) is 25.9 Å². The molecule has 0 radical (unpaired) electrons. The molecular formula is C9H13N3O2. The molecule has 5 heteroatoms. The van der Waals surface area contributed by atoms with Crippen LogP contribution >= 0.6 is 0 Å². The molecule has 1 aliphatic heterocycles. The molecule has 2 heterocycles. The minimum absolute atomic E-state index is 0.0875. The molecule has 0 fully saturated rings. The zero-order chi connectivity index (χ0) is 10.3. The molecule has 14 heavy (non-hydrogen) atoms. The summed E-state index contributed by atoms with van der Waals surface area (Å²) in [5.41, 5.74) is 5.96. The molecule has 2 atom stereocenters. The van der Waals surface area contributed by atoms with Gasteiger partial charge in [-0.25, -0.2) is 9.78 Å². The fourth-order valence-corrected chi connectivity index (χ4v) is 1.92. The molecule has 2 rings (SSSR count). The number of imidazole rings is 1. The van der Waals surface area contributed by atoms with Crippen LogP contribution in [0.4, 0.5) is 0 Å². The molecule has 2 unspecified atom stereocenters. The number of fused-ring (bicyclic) bond motifs is 1. The number of hydrogen-bond donors (Lipinski definition) is 2. The van der Waals surface area contributed by atoms with E-state index in [-0.39, 0.29) is 11.7 Å². The molecule has 3 N–H and O–H groups in total. The first kappa shape index (κ1) is 9.21. The highest BCUT2D eigenvalue weighted by molar-refractivity contribution is 5.85. The normalized spacial score (nSPS) is 25.9. The third kappa shape index (κ3) is 1.39. The number of nitrogens with two attached hydrogens (primary N) is 1. The lowest BCUT2D eigenvalue weighted by molar-refractivity contribution is 0.0691. The maximum Gasteiger partial charge on any atom is 0.356 e. The first-order valence-electron chi connectivity index (χ1n) is 4.64. The predicted octanol–water partition coefficient (Wildman–Crippen LogP) is 0.621. The molecular weight excluding hydrogens is 182 g/mol. The lowest BCUT2D eigenvalue weighted by Gasteiger charge is -2.25. The summed E-state index contributed by atoms with van der Waals surface area (Å²) in [6.07, 6.45) is 2.43. The topological polar surface area (TPSA) is 81.1 Å². The van der Waals surface area contributed by atoms with Crippen molar-refractivity contribution in [1.29, 1.82) is 0 Å². The van der Waals surface area contributed by atoms with Gasteiger partial charge in [-0.1, -0.05) is 6.92 Å². The van der Waals surface area contributed by atoms with Crippen molar-refractivity contribution in [1.82, 2.24) is 9.55 Å². The van der Waals surface area contributed by atoms with E-state index in [4.69, 9.17) is 10.8 Å². The number of hydrogen-bond acceptors (Lipinski definition) is 3. The maximum absolute atomic E-state index is 10.7. The second-order valence-electron chi connectivity index (χ2n) is 3.89. The van der Waals surface area contributed by atoms with E-state index in [0.29, 0.717) is 11.7 Å². The fraction of sp³-hybridized carbons (Fsp3) is 0.556. The monoisotopic (exact) mass is 195 g/mol. The molecule has 0 aliphatic carbocycles. The molecule has 1 aromatic heterocycles. The third-order valence-corrected chi connectivity index (χ3v) is 2.52. The highest BCUT2D eigenvalue weighted by Crippen LogP contribution is 2.26. The third-order valence-electron chi connectivity index (χ3n) is 2.52. The quantitative estimate of drug-likeness (QED) is 0.688. The van der Waals surface area contributed by atoms with E-state index in [1.807, 2.05) is 4.57 Å². The van der Waals surface area contributed by atoms with Crippen LogP contribution in [0.1, 0.15) is 35.7 Å². The van der Waals surface area contributed by atoms with Crippen molar-refractivity contribution in [2.75, 3.05) is 0 Å². The lowest BCUT2D eigenvalue weighted by Crippen LogP contribution is -2.26. The largest absolute Gasteiger partial charge is 0.476 e. The van der Waals surface area contributed by atoms with Crippen molar-refractivity contribution < 1.29 is 9.90 Å². The Kier molecular flexibility index (Phi) is 2.03. The van der Waals surface area contributed by atoms with Crippen LogP contribution in [0, 0.1) is 5.92 Å². The molecule has 0 saturated carbocycles. The summed E-state index contributed by atoms with van der Waals surface area (Å²) in [5, 5.41) is 8.77.